The zero-order chi connectivity index (χ0) is 13.0. The topological polar surface area (TPSA) is 55.4 Å². The van der Waals surface area contributed by atoms with Gasteiger partial charge < -0.3 is 4.74 Å². The van der Waals surface area contributed by atoms with Gasteiger partial charge in [0.05, 0.1) is 6.10 Å². The summed E-state index contributed by atoms with van der Waals surface area (Å²) in [6.07, 6.45) is 2.72. The molecule has 18 heavy (non-hydrogen) atoms. The van der Waals surface area contributed by atoms with Gasteiger partial charge in [-0.2, -0.15) is 0 Å². The summed E-state index contributed by atoms with van der Waals surface area (Å²) >= 11 is 0. The number of nitrogens with one attached hydrogen (secondary N) is 1. The molecule has 0 aromatic heterocycles. The van der Waals surface area contributed by atoms with Crippen molar-refractivity contribution in [3.63, 3.8) is 0 Å². The third kappa shape index (κ3) is 3.28. The van der Waals surface area contributed by atoms with Gasteiger partial charge in [0.25, 0.3) is 0 Å². The summed E-state index contributed by atoms with van der Waals surface area (Å²) in [6.45, 7) is 1.01. The number of hydrogen-bond donors (Lipinski definition) is 1. The quantitative estimate of drug-likeness (QED) is 0.888. The maximum absolute atomic E-state index is 13.4. The zero-order valence-corrected chi connectivity index (χ0v) is 10.7. The summed E-state index contributed by atoms with van der Waals surface area (Å²) in [5, 5.41) is 0. The van der Waals surface area contributed by atoms with Crippen LogP contribution >= 0.6 is 0 Å². The second-order valence-corrected chi connectivity index (χ2v) is 5.99. The highest BCUT2D eigenvalue weighted by atomic mass is 32.2. The van der Waals surface area contributed by atoms with Crippen molar-refractivity contribution in [2.24, 2.45) is 0 Å². The highest BCUT2D eigenvalue weighted by Gasteiger charge is 2.20. The standard InChI is InChI=1S/C12H16FNO3S/c13-11-5-1-2-6-12(11)18(15,16)14-8-7-10-4-3-9-17-10/h1-2,5-6,10,14H,3-4,7-9H2. The Labute approximate surface area is 106 Å². The lowest BCUT2D eigenvalue weighted by Gasteiger charge is -2.10. The van der Waals surface area contributed by atoms with E-state index in [0.717, 1.165) is 25.5 Å². The molecule has 0 aliphatic carbocycles. The first-order chi connectivity index (χ1) is 8.59. The molecule has 2 rings (SSSR count). The van der Waals surface area contributed by atoms with E-state index in [0.29, 0.717) is 6.42 Å². The van der Waals surface area contributed by atoms with Gasteiger partial charge in [0.15, 0.2) is 0 Å². The van der Waals surface area contributed by atoms with Gasteiger partial charge in [-0.15, -0.1) is 0 Å². The van der Waals surface area contributed by atoms with Gasteiger partial charge in [0.1, 0.15) is 10.7 Å². The van der Waals surface area contributed by atoms with Crippen LogP contribution in [0.25, 0.3) is 0 Å². The molecule has 1 aromatic rings. The fourth-order valence-electron chi connectivity index (χ4n) is 1.97. The summed E-state index contributed by atoms with van der Waals surface area (Å²) in [7, 11) is -3.76. The SMILES string of the molecule is O=S(=O)(NCCC1CCCO1)c1ccccc1F. The Balaban J connectivity index is 1.93. The highest BCUT2D eigenvalue weighted by molar-refractivity contribution is 7.89. The zero-order valence-electron chi connectivity index (χ0n) is 9.93. The van der Waals surface area contributed by atoms with Gasteiger partial charge in [-0.3, -0.25) is 0 Å². The van der Waals surface area contributed by atoms with Crippen LogP contribution < -0.4 is 4.72 Å². The van der Waals surface area contributed by atoms with Crippen LogP contribution in [0.5, 0.6) is 0 Å². The van der Waals surface area contributed by atoms with Gasteiger partial charge in [0.2, 0.25) is 10.0 Å². The molecule has 1 heterocycles. The molecule has 1 aromatic carbocycles. The molecule has 0 spiro atoms. The van der Waals surface area contributed by atoms with Crippen LogP contribution in [-0.2, 0) is 14.8 Å². The lowest BCUT2D eigenvalue weighted by atomic mass is 10.2. The molecule has 1 fully saturated rings. The molecule has 1 N–H and O–H groups in total. The maximum Gasteiger partial charge on any atom is 0.243 e. The third-order valence-corrected chi connectivity index (χ3v) is 4.40. The molecular formula is C12H16FNO3S. The number of ether oxygens (including phenoxy) is 1. The van der Waals surface area contributed by atoms with Crippen LogP contribution in [0.4, 0.5) is 4.39 Å². The Morgan fingerprint density at radius 2 is 2.17 bits per heavy atom. The lowest BCUT2D eigenvalue weighted by molar-refractivity contribution is 0.105. The molecule has 0 amide bonds. The van der Waals surface area contributed by atoms with E-state index in [1.54, 1.807) is 0 Å². The van der Waals surface area contributed by atoms with Crippen LogP contribution in [0.1, 0.15) is 19.3 Å². The first-order valence-electron chi connectivity index (χ1n) is 5.95. The second kappa shape index (κ2) is 5.77. The van der Waals surface area contributed by atoms with E-state index in [4.69, 9.17) is 4.74 Å². The summed E-state index contributed by atoms with van der Waals surface area (Å²) in [4.78, 5) is -0.308. The number of halogens is 1. The Kier molecular flexibility index (Phi) is 4.31. The smallest absolute Gasteiger partial charge is 0.243 e. The van der Waals surface area contributed by atoms with Gasteiger partial charge in [-0.1, -0.05) is 12.1 Å². The van der Waals surface area contributed by atoms with Crippen molar-refractivity contribution in [2.45, 2.75) is 30.3 Å². The van der Waals surface area contributed by atoms with E-state index < -0.39 is 15.8 Å². The molecule has 1 aliphatic rings. The Hall–Kier alpha value is -0.980. The van der Waals surface area contributed by atoms with E-state index in [1.807, 2.05) is 0 Å². The Morgan fingerprint density at radius 1 is 1.39 bits per heavy atom. The molecule has 1 unspecified atom stereocenters. The lowest BCUT2D eigenvalue weighted by Crippen LogP contribution is -2.27. The van der Waals surface area contributed by atoms with Crippen LogP contribution in [0.2, 0.25) is 0 Å². The fraction of sp³-hybridized carbons (Fsp3) is 0.500. The molecule has 100 valence electrons. The third-order valence-electron chi connectivity index (χ3n) is 2.91. The van der Waals surface area contributed by atoms with Crippen molar-refractivity contribution in [3.05, 3.63) is 30.1 Å². The average Bonchev–Trinajstić information content (AvgIpc) is 2.82. The highest BCUT2D eigenvalue weighted by Crippen LogP contribution is 2.16. The summed E-state index contributed by atoms with van der Waals surface area (Å²) in [6, 6.07) is 5.34. The first-order valence-corrected chi connectivity index (χ1v) is 7.44. The minimum absolute atomic E-state index is 0.119. The maximum atomic E-state index is 13.4. The normalized spacial score (nSPS) is 20.2. The molecule has 1 saturated heterocycles. The van der Waals surface area contributed by atoms with Gasteiger partial charge >= 0.3 is 0 Å². The molecule has 1 atom stereocenters. The van der Waals surface area contributed by atoms with Gasteiger partial charge in [0, 0.05) is 13.2 Å². The van der Waals surface area contributed by atoms with Crippen molar-refractivity contribution >= 4 is 10.0 Å². The number of hydrogen-bond acceptors (Lipinski definition) is 3. The number of benzene rings is 1. The predicted octanol–water partition coefficient (Wildman–Crippen LogP) is 1.67. The van der Waals surface area contributed by atoms with E-state index >= 15 is 0 Å². The first kappa shape index (κ1) is 13.5. The Morgan fingerprint density at radius 3 is 2.83 bits per heavy atom. The van der Waals surface area contributed by atoms with Crippen LogP contribution in [0.15, 0.2) is 29.2 Å². The molecule has 6 heteroatoms. The molecule has 0 saturated carbocycles. The van der Waals surface area contributed by atoms with Crippen molar-refractivity contribution in [1.29, 1.82) is 0 Å². The van der Waals surface area contributed by atoms with Crippen molar-refractivity contribution < 1.29 is 17.5 Å². The fourth-order valence-corrected chi connectivity index (χ4v) is 3.09. The minimum Gasteiger partial charge on any atom is -0.378 e. The summed E-state index contributed by atoms with van der Waals surface area (Å²) in [5.74, 6) is -0.734. The van der Waals surface area contributed by atoms with Crippen molar-refractivity contribution in [1.82, 2.24) is 4.72 Å². The largest absolute Gasteiger partial charge is 0.378 e. The van der Waals surface area contributed by atoms with Crippen LogP contribution in [-0.4, -0.2) is 27.7 Å². The van der Waals surface area contributed by atoms with Crippen molar-refractivity contribution in [3.8, 4) is 0 Å². The van der Waals surface area contributed by atoms with Gasteiger partial charge in [-0.25, -0.2) is 17.5 Å². The minimum atomic E-state index is -3.76. The van der Waals surface area contributed by atoms with Crippen LogP contribution in [0.3, 0.4) is 0 Å². The van der Waals surface area contributed by atoms with Gasteiger partial charge in [-0.05, 0) is 31.4 Å². The monoisotopic (exact) mass is 273 g/mol. The number of rotatable bonds is 5. The van der Waals surface area contributed by atoms with E-state index in [1.165, 1.54) is 18.2 Å². The predicted molar refractivity (Wildman–Crippen MR) is 65.2 cm³/mol. The number of sulfonamides is 1. The van der Waals surface area contributed by atoms with Crippen molar-refractivity contribution in [2.75, 3.05) is 13.2 Å². The van der Waals surface area contributed by atoms with E-state index in [-0.39, 0.29) is 17.5 Å². The van der Waals surface area contributed by atoms with Crippen LogP contribution in [0, 0.1) is 5.82 Å². The summed E-state index contributed by atoms with van der Waals surface area (Å²) < 4.78 is 44.8. The molecule has 1 aliphatic heterocycles. The Bertz CT molecular complexity index is 498. The molecule has 0 bridgehead atoms. The average molecular weight is 273 g/mol. The second-order valence-electron chi connectivity index (χ2n) is 4.25. The van der Waals surface area contributed by atoms with E-state index in [9.17, 15) is 12.8 Å². The van der Waals surface area contributed by atoms with E-state index in [2.05, 4.69) is 4.72 Å². The molecular weight excluding hydrogens is 257 g/mol. The molecule has 0 radical (unpaired) electrons. The summed E-state index contributed by atoms with van der Waals surface area (Å²) in [5.41, 5.74) is 0. The molecule has 4 nitrogen and oxygen atoms in total.